The first-order valence-electron chi connectivity index (χ1n) is 11.1. The number of hydrogen-bond acceptors (Lipinski definition) is 4. The Labute approximate surface area is 199 Å². The van der Waals surface area contributed by atoms with Gasteiger partial charge in [0.2, 0.25) is 0 Å². The Kier molecular flexibility index (Phi) is 5.39. The number of Topliss-reactive ketones (excluding diaryl/α,β-unsaturated/α-hetero) is 1. The summed E-state index contributed by atoms with van der Waals surface area (Å²) in [5.41, 5.74) is 1.60. The lowest BCUT2D eigenvalue weighted by Crippen LogP contribution is -2.48. The van der Waals surface area contributed by atoms with Gasteiger partial charge in [-0.15, -0.1) is 0 Å². The lowest BCUT2D eigenvalue weighted by molar-refractivity contribution is -0.137. The van der Waals surface area contributed by atoms with E-state index >= 15 is 0 Å². The Balaban J connectivity index is 1.68. The first-order valence-corrected chi connectivity index (χ1v) is 11.1. The topological polar surface area (TPSA) is 73.6 Å². The molecule has 3 aliphatic rings. The summed E-state index contributed by atoms with van der Waals surface area (Å²) in [6, 6.07) is 10.3. The minimum atomic E-state index is -4.57. The molecular formula is C26H20F3N3O3. The molecule has 1 unspecified atom stereocenters. The van der Waals surface area contributed by atoms with Gasteiger partial charge in [-0.2, -0.15) is 18.4 Å². The molecule has 9 heteroatoms. The van der Waals surface area contributed by atoms with Crippen molar-refractivity contribution in [3.05, 3.63) is 82.1 Å². The van der Waals surface area contributed by atoms with E-state index in [2.05, 4.69) is 6.07 Å². The Morgan fingerprint density at radius 2 is 1.91 bits per heavy atom. The Hall–Kier alpha value is -4.06. The average molecular weight is 479 g/mol. The van der Waals surface area contributed by atoms with Crippen LogP contribution in [0, 0.1) is 11.3 Å². The van der Waals surface area contributed by atoms with Gasteiger partial charge in [0.05, 0.1) is 35.5 Å². The number of hydrogen-bond donors (Lipinski definition) is 0. The summed E-state index contributed by atoms with van der Waals surface area (Å²) in [6.45, 7) is 0.487. The molecule has 1 aliphatic carbocycles. The molecule has 2 heterocycles. The maximum atomic E-state index is 13.6. The van der Waals surface area contributed by atoms with Crippen LogP contribution >= 0.6 is 0 Å². The molecule has 35 heavy (non-hydrogen) atoms. The molecule has 0 fully saturated rings. The number of nitriles is 1. The van der Waals surface area contributed by atoms with E-state index in [4.69, 9.17) is 4.74 Å². The summed E-state index contributed by atoms with van der Waals surface area (Å²) in [5, 5.41) is 9.41. The molecule has 0 spiro atoms. The number of alkyl halides is 3. The van der Waals surface area contributed by atoms with Crippen LogP contribution in [0.1, 0.15) is 47.6 Å². The van der Waals surface area contributed by atoms with Crippen molar-refractivity contribution in [2.24, 2.45) is 0 Å². The molecule has 2 aromatic carbocycles. The molecular weight excluding hydrogens is 459 g/mol. The van der Waals surface area contributed by atoms with Crippen molar-refractivity contribution in [3.63, 3.8) is 0 Å². The van der Waals surface area contributed by atoms with Crippen LogP contribution in [0.5, 0.6) is 0 Å². The van der Waals surface area contributed by atoms with Crippen molar-refractivity contribution in [1.29, 1.82) is 5.26 Å². The fourth-order valence-electron chi connectivity index (χ4n) is 4.92. The second kappa shape index (κ2) is 8.31. The first-order chi connectivity index (χ1) is 16.7. The lowest BCUT2D eigenvalue weighted by Gasteiger charge is -2.41. The zero-order valence-electron chi connectivity index (χ0n) is 18.7. The van der Waals surface area contributed by atoms with Gasteiger partial charge in [-0.05, 0) is 48.4 Å². The van der Waals surface area contributed by atoms with Crippen LogP contribution in [0.4, 0.5) is 23.7 Å². The standard InChI is InChI=1S/C26H20F3N3O3/c1-31-24(18-8-7-15(14-30)12-19(18)22-6-3-11-35-22)23-20(9-10-21(23)33)32(25(31)34)17-5-2-4-16(13-17)26(27,28)29/h2,4-8,12-13,24H,3,9-11H2,1H3. The van der Waals surface area contributed by atoms with Crippen LogP contribution in [-0.4, -0.2) is 30.4 Å². The average Bonchev–Trinajstić information content (AvgIpc) is 3.50. The summed E-state index contributed by atoms with van der Waals surface area (Å²) in [7, 11) is 1.52. The van der Waals surface area contributed by atoms with Gasteiger partial charge < -0.3 is 9.64 Å². The minimum Gasteiger partial charge on any atom is -0.493 e. The molecule has 0 saturated heterocycles. The molecule has 178 valence electrons. The number of nitrogens with zero attached hydrogens (tertiary/aromatic N) is 3. The number of urea groups is 1. The summed E-state index contributed by atoms with van der Waals surface area (Å²) >= 11 is 0. The molecule has 2 aliphatic heterocycles. The molecule has 0 aromatic heterocycles. The summed E-state index contributed by atoms with van der Waals surface area (Å²) in [6.07, 6.45) is -1.58. The molecule has 5 rings (SSSR count). The van der Waals surface area contributed by atoms with E-state index in [-0.39, 0.29) is 24.3 Å². The van der Waals surface area contributed by atoms with Crippen LogP contribution in [-0.2, 0) is 15.7 Å². The van der Waals surface area contributed by atoms with Gasteiger partial charge >= 0.3 is 12.2 Å². The highest BCUT2D eigenvalue weighted by Crippen LogP contribution is 2.46. The second-order valence-electron chi connectivity index (χ2n) is 8.58. The predicted octanol–water partition coefficient (Wildman–Crippen LogP) is 5.57. The Morgan fingerprint density at radius 1 is 1.11 bits per heavy atom. The summed E-state index contributed by atoms with van der Waals surface area (Å²) in [5.74, 6) is 0.406. The van der Waals surface area contributed by atoms with E-state index in [1.807, 2.05) is 6.08 Å². The normalized spacial score (nSPS) is 20.1. The SMILES string of the molecule is CN1C(=O)N(c2cccc(C(F)(F)F)c2)C2=C(C(=O)CC2)C1c1ccc(C#N)cc1C1=CCCO1. The van der Waals surface area contributed by atoms with E-state index in [0.717, 1.165) is 12.1 Å². The number of halogens is 3. The van der Waals surface area contributed by atoms with Crippen LogP contribution < -0.4 is 4.90 Å². The van der Waals surface area contributed by atoms with Gasteiger partial charge in [0.25, 0.3) is 0 Å². The number of carbonyl (C=O) groups is 2. The third-order valence-electron chi connectivity index (χ3n) is 6.50. The smallest absolute Gasteiger partial charge is 0.416 e. The third-order valence-corrected chi connectivity index (χ3v) is 6.50. The van der Waals surface area contributed by atoms with Crippen LogP contribution in [0.15, 0.2) is 59.8 Å². The number of carbonyl (C=O) groups excluding carboxylic acids is 2. The number of likely N-dealkylation sites (N-methyl/N-ethyl adjacent to an activating group) is 1. The van der Waals surface area contributed by atoms with E-state index < -0.39 is 23.8 Å². The number of ketones is 1. The Morgan fingerprint density at radius 3 is 2.60 bits per heavy atom. The quantitative estimate of drug-likeness (QED) is 0.577. The fraction of sp³-hybridized carbons (Fsp3) is 0.269. The van der Waals surface area contributed by atoms with Crippen molar-refractivity contribution in [3.8, 4) is 6.07 Å². The van der Waals surface area contributed by atoms with E-state index in [1.54, 1.807) is 18.2 Å². The fourth-order valence-corrected chi connectivity index (χ4v) is 4.92. The molecule has 0 radical (unpaired) electrons. The molecule has 0 saturated carbocycles. The predicted molar refractivity (Wildman–Crippen MR) is 121 cm³/mol. The van der Waals surface area contributed by atoms with Gasteiger partial charge in [0, 0.05) is 36.7 Å². The monoisotopic (exact) mass is 479 g/mol. The van der Waals surface area contributed by atoms with E-state index in [9.17, 15) is 28.0 Å². The van der Waals surface area contributed by atoms with Crippen molar-refractivity contribution in [2.75, 3.05) is 18.6 Å². The van der Waals surface area contributed by atoms with Crippen molar-refractivity contribution in [1.82, 2.24) is 4.90 Å². The summed E-state index contributed by atoms with van der Waals surface area (Å²) in [4.78, 5) is 29.3. The molecule has 0 N–H and O–H groups in total. The van der Waals surface area contributed by atoms with Crippen molar-refractivity contribution >= 4 is 23.3 Å². The van der Waals surface area contributed by atoms with Gasteiger partial charge in [-0.3, -0.25) is 9.69 Å². The number of ether oxygens (including phenoxy) is 1. The highest BCUT2D eigenvalue weighted by molar-refractivity contribution is 6.08. The first kappa shape index (κ1) is 22.7. The van der Waals surface area contributed by atoms with Gasteiger partial charge in [-0.25, -0.2) is 4.79 Å². The number of anilines is 1. The third kappa shape index (κ3) is 3.75. The highest BCUT2D eigenvalue weighted by Gasteiger charge is 2.45. The highest BCUT2D eigenvalue weighted by atomic mass is 19.4. The number of benzene rings is 2. The molecule has 6 nitrogen and oxygen atoms in total. The van der Waals surface area contributed by atoms with Crippen LogP contribution in [0.3, 0.4) is 0 Å². The van der Waals surface area contributed by atoms with E-state index in [1.165, 1.54) is 29.0 Å². The van der Waals surface area contributed by atoms with Gasteiger partial charge in [-0.1, -0.05) is 12.1 Å². The zero-order chi connectivity index (χ0) is 24.9. The van der Waals surface area contributed by atoms with Crippen molar-refractivity contribution in [2.45, 2.75) is 31.5 Å². The molecule has 0 bridgehead atoms. The van der Waals surface area contributed by atoms with E-state index in [0.29, 0.717) is 46.7 Å². The maximum absolute atomic E-state index is 13.6. The number of amides is 2. The van der Waals surface area contributed by atoms with Crippen LogP contribution in [0.2, 0.25) is 0 Å². The molecule has 1 atom stereocenters. The zero-order valence-corrected chi connectivity index (χ0v) is 18.7. The summed E-state index contributed by atoms with van der Waals surface area (Å²) < 4.78 is 45.8. The number of allylic oxidation sites excluding steroid dienone is 1. The number of rotatable bonds is 3. The van der Waals surface area contributed by atoms with Crippen molar-refractivity contribution < 1.29 is 27.5 Å². The molecule has 2 aromatic rings. The lowest BCUT2D eigenvalue weighted by atomic mass is 9.88. The second-order valence-corrected chi connectivity index (χ2v) is 8.58. The van der Waals surface area contributed by atoms with Gasteiger partial charge in [0.1, 0.15) is 5.76 Å². The van der Waals surface area contributed by atoms with Crippen LogP contribution in [0.25, 0.3) is 5.76 Å². The largest absolute Gasteiger partial charge is 0.493 e. The molecule has 2 amide bonds. The van der Waals surface area contributed by atoms with Gasteiger partial charge in [0.15, 0.2) is 5.78 Å². The maximum Gasteiger partial charge on any atom is 0.416 e. The Bertz CT molecular complexity index is 1350. The minimum absolute atomic E-state index is 0.0548.